The summed E-state index contributed by atoms with van der Waals surface area (Å²) < 4.78 is 0. The molecule has 0 aromatic carbocycles. The quantitative estimate of drug-likeness (QED) is 0.369. The molecule has 0 N–H and O–H groups in total. The lowest BCUT2D eigenvalue weighted by Gasteiger charge is -2.68. The van der Waals surface area contributed by atoms with Crippen LogP contribution in [0.4, 0.5) is 0 Å². The van der Waals surface area contributed by atoms with Gasteiger partial charge in [0.05, 0.1) is 0 Å². The van der Waals surface area contributed by atoms with Crippen LogP contribution in [0.3, 0.4) is 0 Å². The van der Waals surface area contributed by atoms with Gasteiger partial charge in [-0.3, -0.25) is 0 Å². The second-order valence-corrected chi connectivity index (χ2v) is 14.5. The van der Waals surface area contributed by atoms with E-state index >= 15 is 0 Å². The standard InChI is InChI=1S/C31H54.C2H6/c1-21(2)11-10-12-22(3)24-16-19-31(9)26-13-14-27-28(5,6)23(4)15-18-29(27,7)25(26)17-20-30(24,31)8;1-2/h11,22-27H,10,12-20H2,1-9H3;1-2H3. The molecule has 0 heteroatoms. The fourth-order valence-corrected chi connectivity index (χ4v) is 10.5. The average molecular weight is 457 g/mol. The van der Waals surface area contributed by atoms with Crippen molar-refractivity contribution in [2.75, 3.05) is 0 Å². The first kappa shape index (κ1) is 27.3. The summed E-state index contributed by atoms with van der Waals surface area (Å²) in [4.78, 5) is 0. The van der Waals surface area contributed by atoms with E-state index < -0.39 is 0 Å². The lowest BCUT2D eigenvalue weighted by Crippen LogP contribution is -2.60. The maximum Gasteiger partial charge on any atom is -0.0238 e. The molecule has 4 saturated carbocycles. The molecule has 4 aliphatic carbocycles. The summed E-state index contributed by atoms with van der Waals surface area (Å²) in [5.74, 6) is 5.61. The Morgan fingerprint density at radius 2 is 1.45 bits per heavy atom. The van der Waals surface area contributed by atoms with Gasteiger partial charge < -0.3 is 0 Å². The maximum atomic E-state index is 2.77. The number of rotatable bonds is 4. The molecule has 0 aliphatic heterocycles. The van der Waals surface area contributed by atoms with Crippen molar-refractivity contribution in [2.45, 2.75) is 140 Å². The summed E-state index contributed by atoms with van der Waals surface area (Å²) in [7, 11) is 0. The summed E-state index contributed by atoms with van der Waals surface area (Å²) in [5, 5.41) is 0. The minimum absolute atomic E-state index is 0.525. The second kappa shape index (κ2) is 9.65. The van der Waals surface area contributed by atoms with E-state index in [-0.39, 0.29) is 0 Å². The topological polar surface area (TPSA) is 0 Å². The van der Waals surface area contributed by atoms with E-state index in [1.165, 1.54) is 69.8 Å². The first-order valence-corrected chi connectivity index (χ1v) is 15.0. The normalized spacial score (nSPS) is 46.7. The van der Waals surface area contributed by atoms with Crippen molar-refractivity contribution in [2.24, 2.45) is 57.2 Å². The Labute approximate surface area is 209 Å². The van der Waals surface area contributed by atoms with E-state index in [9.17, 15) is 0 Å². The van der Waals surface area contributed by atoms with Crippen molar-refractivity contribution in [3.05, 3.63) is 11.6 Å². The molecule has 0 nitrogen and oxygen atoms in total. The zero-order valence-corrected chi connectivity index (χ0v) is 24.6. The van der Waals surface area contributed by atoms with Gasteiger partial charge in [0, 0.05) is 0 Å². The smallest absolute Gasteiger partial charge is 0.0238 e. The molecule has 192 valence electrons. The molecule has 0 aromatic rings. The third-order valence-corrected chi connectivity index (χ3v) is 12.9. The second-order valence-electron chi connectivity index (χ2n) is 14.5. The van der Waals surface area contributed by atoms with Crippen LogP contribution in [-0.2, 0) is 0 Å². The number of hydrogen-bond acceptors (Lipinski definition) is 0. The van der Waals surface area contributed by atoms with E-state index in [1.54, 1.807) is 0 Å². The van der Waals surface area contributed by atoms with Crippen LogP contribution >= 0.6 is 0 Å². The van der Waals surface area contributed by atoms with E-state index in [0.29, 0.717) is 21.7 Å². The van der Waals surface area contributed by atoms with Crippen LogP contribution in [0.15, 0.2) is 11.6 Å². The molecular formula is C33H60. The molecule has 0 aromatic heterocycles. The van der Waals surface area contributed by atoms with Crippen LogP contribution in [0, 0.1) is 57.2 Å². The molecule has 0 radical (unpaired) electrons. The Bertz CT molecular complexity index is 695. The highest BCUT2D eigenvalue weighted by molar-refractivity contribution is 5.16. The van der Waals surface area contributed by atoms with Gasteiger partial charge >= 0.3 is 0 Å². The predicted molar refractivity (Wildman–Crippen MR) is 147 cm³/mol. The van der Waals surface area contributed by atoms with Crippen molar-refractivity contribution >= 4 is 0 Å². The zero-order chi connectivity index (χ0) is 24.8. The highest BCUT2D eigenvalue weighted by atomic mass is 14.7. The summed E-state index contributed by atoms with van der Waals surface area (Å²) in [6.07, 6.45) is 17.1. The van der Waals surface area contributed by atoms with Gasteiger partial charge in [0.25, 0.3) is 0 Å². The Hall–Kier alpha value is -0.260. The molecule has 0 saturated heterocycles. The molecule has 0 bridgehead atoms. The highest BCUT2D eigenvalue weighted by Crippen LogP contribution is 2.75. The number of hydrogen-bond donors (Lipinski definition) is 0. The van der Waals surface area contributed by atoms with Gasteiger partial charge in [0.15, 0.2) is 0 Å². The maximum absolute atomic E-state index is 2.77. The van der Waals surface area contributed by atoms with Crippen LogP contribution in [0.2, 0.25) is 0 Å². The van der Waals surface area contributed by atoms with Crippen LogP contribution in [0.1, 0.15) is 140 Å². The third-order valence-electron chi connectivity index (χ3n) is 12.9. The van der Waals surface area contributed by atoms with Gasteiger partial charge in [-0.15, -0.1) is 0 Å². The molecular weight excluding hydrogens is 396 g/mol. The summed E-state index contributed by atoms with van der Waals surface area (Å²) in [6, 6.07) is 0. The number of allylic oxidation sites excluding steroid dienone is 2. The minimum atomic E-state index is 0.525. The minimum Gasteiger partial charge on any atom is -0.0859 e. The van der Waals surface area contributed by atoms with E-state index in [0.717, 1.165) is 35.5 Å². The molecule has 9 atom stereocenters. The van der Waals surface area contributed by atoms with Gasteiger partial charge in [-0.1, -0.05) is 74.0 Å². The van der Waals surface area contributed by atoms with Crippen molar-refractivity contribution in [1.29, 1.82) is 0 Å². The average Bonchev–Trinajstić information content (AvgIpc) is 3.04. The Balaban J connectivity index is 0.00000149. The van der Waals surface area contributed by atoms with Crippen LogP contribution in [-0.4, -0.2) is 0 Å². The van der Waals surface area contributed by atoms with E-state index in [2.05, 4.69) is 68.4 Å². The number of fused-ring (bicyclic) bond motifs is 5. The SMILES string of the molecule is CC.CC(C)=CCCC(C)C1CCC2(C)C3CCC4C(C)(C)C(C)CCC4(C)C3CCC12C. The lowest BCUT2D eigenvalue weighted by atomic mass is 9.37. The van der Waals surface area contributed by atoms with E-state index in [1.807, 2.05) is 13.8 Å². The van der Waals surface area contributed by atoms with Crippen molar-refractivity contribution in [1.82, 2.24) is 0 Å². The molecule has 33 heavy (non-hydrogen) atoms. The molecule has 0 spiro atoms. The first-order valence-electron chi connectivity index (χ1n) is 15.0. The molecule has 4 aliphatic rings. The molecule has 0 amide bonds. The first-order chi connectivity index (χ1) is 15.4. The van der Waals surface area contributed by atoms with Crippen molar-refractivity contribution in [3.8, 4) is 0 Å². The summed E-state index contributed by atoms with van der Waals surface area (Å²) in [5.41, 5.74) is 3.75. The van der Waals surface area contributed by atoms with Gasteiger partial charge in [0.2, 0.25) is 0 Å². The Morgan fingerprint density at radius 3 is 2.09 bits per heavy atom. The fraction of sp³-hybridized carbons (Fsp3) is 0.939. The molecule has 9 unspecified atom stereocenters. The zero-order valence-electron chi connectivity index (χ0n) is 24.6. The van der Waals surface area contributed by atoms with Gasteiger partial charge in [-0.2, -0.15) is 0 Å². The Morgan fingerprint density at radius 1 is 0.818 bits per heavy atom. The Kier molecular flexibility index (Phi) is 7.99. The van der Waals surface area contributed by atoms with Gasteiger partial charge in [-0.25, -0.2) is 0 Å². The summed E-state index contributed by atoms with van der Waals surface area (Å²) in [6.45, 7) is 27.2. The van der Waals surface area contributed by atoms with E-state index in [4.69, 9.17) is 0 Å². The van der Waals surface area contributed by atoms with Crippen LogP contribution in [0.25, 0.3) is 0 Å². The largest absolute Gasteiger partial charge is 0.0859 e. The molecule has 0 heterocycles. The fourth-order valence-electron chi connectivity index (χ4n) is 10.5. The van der Waals surface area contributed by atoms with Crippen molar-refractivity contribution < 1.29 is 0 Å². The summed E-state index contributed by atoms with van der Waals surface area (Å²) >= 11 is 0. The van der Waals surface area contributed by atoms with Crippen LogP contribution in [0.5, 0.6) is 0 Å². The third kappa shape index (κ3) is 4.20. The van der Waals surface area contributed by atoms with Crippen LogP contribution < -0.4 is 0 Å². The molecule has 4 rings (SSSR count). The lowest BCUT2D eigenvalue weighted by molar-refractivity contribution is -0.188. The monoisotopic (exact) mass is 456 g/mol. The van der Waals surface area contributed by atoms with Gasteiger partial charge in [-0.05, 0) is 135 Å². The van der Waals surface area contributed by atoms with Gasteiger partial charge in [0.1, 0.15) is 0 Å². The highest BCUT2D eigenvalue weighted by Gasteiger charge is 2.67. The predicted octanol–water partition coefficient (Wildman–Crippen LogP) is 10.7. The molecule has 4 fully saturated rings. The van der Waals surface area contributed by atoms with Crippen molar-refractivity contribution in [3.63, 3.8) is 0 Å².